The van der Waals surface area contributed by atoms with Gasteiger partial charge < -0.3 is 9.73 Å². The van der Waals surface area contributed by atoms with Gasteiger partial charge >= 0.3 is 0 Å². The smallest absolute Gasteiger partial charge is 0.228 e. The molecule has 6 nitrogen and oxygen atoms in total. The zero-order valence-corrected chi connectivity index (χ0v) is 16.1. The van der Waals surface area contributed by atoms with Crippen LogP contribution in [0.4, 0.5) is 5.69 Å². The van der Waals surface area contributed by atoms with E-state index in [4.69, 9.17) is 4.42 Å². The van der Waals surface area contributed by atoms with Crippen molar-refractivity contribution in [2.24, 2.45) is 5.92 Å². The summed E-state index contributed by atoms with van der Waals surface area (Å²) in [6, 6.07) is 13.8. The molecule has 146 valence electrons. The van der Waals surface area contributed by atoms with Crippen molar-refractivity contribution in [2.75, 3.05) is 18.4 Å². The highest BCUT2D eigenvalue weighted by atomic mass is 16.3. The van der Waals surface area contributed by atoms with Crippen molar-refractivity contribution >= 4 is 11.6 Å². The number of piperidine rings is 1. The number of nitrogens with one attached hydrogen (secondary N) is 2. The van der Waals surface area contributed by atoms with Gasteiger partial charge in [-0.2, -0.15) is 5.10 Å². The molecule has 3 aromatic rings. The third-order valence-electron chi connectivity index (χ3n) is 5.29. The molecular weight excluding hydrogens is 352 g/mol. The largest absolute Gasteiger partial charge is 0.465 e. The fraction of sp³-hybridized carbons (Fsp3) is 0.364. The Hall–Kier alpha value is -2.86. The van der Waals surface area contributed by atoms with Gasteiger partial charge in [-0.1, -0.05) is 19.1 Å². The molecule has 28 heavy (non-hydrogen) atoms. The molecule has 1 amide bonds. The topological polar surface area (TPSA) is 74.2 Å². The summed E-state index contributed by atoms with van der Waals surface area (Å²) in [5.74, 6) is 2.08. The monoisotopic (exact) mass is 378 g/mol. The van der Waals surface area contributed by atoms with E-state index in [1.54, 1.807) is 6.20 Å². The molecule has 0 bridgehead atoms. The summed E-state index contributed by atoms with van der Waals surface area (Å²) in [5.41, 5.74) is 2.83. The van der Waals surface area contributed by atoms with Crippen LogP contribution in [-0.4, -0.2) is 34.1 Å². The number of anilines is 1. The second-order valence-electron chi connectivity index (χ2n) is 7.33. The van der Waals surface area contributed by atoms with Crippen LogP contribution in [0.15, 0.2) is 53.1 Å². The zero-order valence-electron chi connectivity index (χ0n) is 16.1. The second kappa shape index (κ2) is 8.44. The van der Waals surface area contributed by atoms with Crippen molar-refractivity contribution in [1.82, 2.24) is 15.1 Å². The van der Waals surface area contributed by atoms with Crippen LogP contribution in [0.2, 0.25) is 0 Å². The minimum absolute atomic E-state index is 0.00152. The number of carbonyl (C=O) groups excluding carboxylic acids is 1. The molecule has 1 saturated heterocycles. The fourth-order valence-corrected chi connectivity index (χ4v) is 3.72. The van der Waals surface area contributed by atoms with Crippen molar-refractivity contribution in [2.45, 2.75) is 32.7 Å². The van der Waals surface area contributed by atoms with E-state index >= 15 is 0 Å². The Morgan fingerprint density at radius 1 is 1.21 bits per heavy atom. The summed E-state index contributed by atoms with van der Waals surface area (Å²) in [7, 11) is 0. The number of hydrogen-bond donors (Lipinski definition) is 2. The number of rotatable bonds is 6. The molecule has 1 aliphatic rings. The van der Waals surface area contributed by atoms with Gasteiger partial charge in [0.1, 0.15) is 11.5 Å². The van der Waals surface area contributed by atoms with Crippen LogP contribution in [0.3, 0.4) is 0 Å². The number of aryl methyl sites for hydroxylation is 1. The first-order valence-corrected chi connectivity index (χ1v) is 9.92. The SMILES string of the molecule is CCc1ccc(CN2CCCC(C(=O)Nc3ccc(-c4ccn[nH]4)cc3)C2)o1. The van der Waals surface area contributed by atoms with Crippen LogP contribution in [0.1, 0.15) is 31.3 Å². The molecule has 0 saturated carbocycles. The van der Waals surface area contributed by atoms with Crippen LogP contribution < -0.4 is 5.32 Å². The first kappa shape index (κ1) is 18.5. The van der Waals surface area contributed by atoms with Crippen LogP contribution in [-0.2, 0) is 17.8 Å². The molecule has 1 aliphatic heterocycles. The average molecular weight is 378 g/mol. The lowest BCUT2D eigenvalue weighted by Crippen LogP contribution is -2.40. The Labute approximate surface area is 164 Å². The van der Waals surface area contributed by atoms with Crippen LogP contribution in [0, 0.1) is 5.92 Å². The molecule has 1 atom stereocenters. The van der Waals surface area contributed by atoms with Gasteiger partial charge in [-0.3, -0.25) is 14.8 Å². The van der Waals surface area contributed by atoms with Crippen molar-refractivity contribution in [1.29, 1.82) is 0 Å². The first-order chi connectivity index (χ1) is 13.7. The Morgan fingerprint density at radius 2 is 2.04 bits per heavy atom. The molecule has 0 radical (unpaired) electrons. The van der Waals surface area contributed by atoms with Crippen LogP contribution in [0.25, 0.3) is 11.3 Å². The van der Waals surface area contributed by atoms with Gasteiger partial charge in [0, 0.05) is 24.8 Å². The summed E-state index contributed by atoms with van der Waals surface area (Å²) >= 11 is 0. The van der Waals surface area contributed by atoms with Gasteiger partial charge in [0.05, 0.1) is 18.2 Å². The number of carbonyl (C=O) groups is 1. The van der Waals surface area contributed by atoms with Gasteiger partial charge in [0.15, 0.2) is 0 Å². The van der Waals surface area contributed by atoms with E-state index in [1.165, 1.54) is 0 Å². The minimum Gasteiger partial charge on any atom is -0.465 e. The van der Waals surface area contributed by atoms with E-state index in [2.05, 4.69) is 27.3 Å². The average Bonchev–Trinajstić information content (AvgIpc) is 3.41. The maximum Gasteiger partial charge on any atom is 0.228 e. The summed E-state index contributed by atoms with van der Waals surface area (Å²) in [5, 5.41) is 9.98. The summed E-state index contributed by atoms with van der Waals surface area (Å²) in [6.45, 7) is 4.62. The molecule has 1 unspecified atom stereocenters. The zero-order chi connectivity index (χ0) is 19.3. The molecule has 1 aromatic carbocycles. The lowest BCUT2D eigenvalue weighted by molar-refractivity contribution is -0.121. The summed E-state index contributed by atoms with van der Waals surface area (Å²) < 4.78 is 5.82. The quantitative estimate of drug-likeness (QED) is 0.678. The Kier molecular flexibility index (Phi) is 5.58. The Bertz CT molecular complexity index is 899. The number of furan rings is 1. The van der Waals surface area contributed by atoms with Gasteiger partial charge in [0.2, 0.25) is 5.91 Å². The lowest BCUT2D eigenvalue weighted by Gasteiger charge is -2.31. The van der Waals surface area contributed by atoms with Crippen LogP contribution in [0.5, 0.6) is 0 Å². The number of hydrogen-bond acceptors (Lipinski definition) is 4. The maximum atomic E-state index is 12.8. The van der Waals surface area contributed by atoms with Crippen molar-refractivity contribution in [3.8, 4) is 11.3 Å². The lowest BCUT2D eigenvalue weighted by atomic mass is 9.97. The third-order valence-corrected chi connectivity index (χ3v) is 5.29. The molecule has 4 rings (SSSR count). The molecule has 0 aliphatic carbocycles. The second-order valence-corrected chi connectivity index (χ2v) is 7.33. The van der Waals surface area contributed by atoms with E-state index in [0.717, 1.165) is 67.4 Å². The number of aromatic amines is 1. The van der Waals surface area contributed by atoms with Crippen molar-refractivity contribution in [3.05, 3.63) is 60.2 Å². The summed E-state index contributed by atoms with van der Waals surface area (Å²) in [6.07, 6.45) is 4.58. The number of H-pyrrole nitrogens is 1. The molecular formula is C22H26N4O2. The van der Waals surface area contributed by atoms with Gasteiger partial charge in [-0.05, 0) is 55.3 Å². The van der Waals surface area contributed by atoms with Crippen LogP contribution >= 0.6 is 0 Å². The predicted octanol–water partition coefficient (Wildman–Crippen LogP) is 4.08. The molecule has 1 fully saturated rings. The van der Waals surface area contributed by atoms with E-state index in [-0.39, 0.29) is 11.8 Å². The fourth-order valence-electron chi connectivity index (χ4n) is 3.72. The van der Waals surface area contributed by atoms with E-state index in [1.807, 2.05) is 42.5 Å². The van der Waals surface area contributed by atoms with Gasteiger partial charge in [-0.25, -0.2) is 0 Å². The van der Waals surface area contributed by atoms with E-state index < -0.39 is 0 Å². The number of benzene rings is 1. The normalized spacial score (nSPS) is 17.5. The number of likely N-dealkylation sites (tertiary alicyclic amines) is 1. The van der Waals surface area contributed by atoms with Crippen molar-refractivity contribution in [3.63, 3.8) is 0 Å². The van der Waals surface area contributed by atoms with Gasteiger partial charge in [-0.15, -0.1) is 0 Å². The molecule has 2 N–H and O–H groups in total. The minimum atomic E-state index is 0.00152. The van der Waals surface area contributed by atoms with E-state index in [9.17, 15) is 4.79 Å². The molecule has 6 heteroatoms. The third kappa shape index (κ3) is 4.34. The number of nitrogens with zero attached hydrogens (tertiary/aromatic N) is 2. The highest BCUT2D eigenvalue weighted by Crippen LogP contribution is 2.23. The van der Waals surface area contributed by atoms with Crippen molar-refractivity contribution < 1.29 is 9.21 Å². The Balaban J connectivity index is 1.33. The van der Waals surface area contributed by atoms with E-state index in [0.29, 0.717) is 0 Å². The van der Waals surface area contributed by atoms with Gasteiger partial charge in [0.25, 0.3) is 0 Å². The highest BCUT2D eigenvalue weighted by Gasteiger charge is 2.26. The number of aromatic nitrogens is 2. The Morgan fingerprint density at radius 3 is 2.75 bits per heavy atom. The number of amides is 1. The molecule has 3 heterocycles. The first-order valence-electron chi connectivity index (χ1n) is 9.92. The maximum absolute atomic E-state index is 12.8. The summed E-state index contributed by atoms with van der Waals surface area (Å²) in [4.78, 5) is 15.1. The highest BCUT2D eigenvalue weighted by molar-refractivity contribution is 5.93. The standard InChI is InChI=1S/C22H26N4O2/c1-2-19-9-10-20(28-19)15-26-13-3-4-17(14-26)22(27)24-18-7-5-16(6-8-18)21-11-12-23-25-21/h5-12,17H,2-4,13-15H2,1H3,(H,23,25)(H,24,27). The predicted molar refractivity (Wildman–Crippen MR) is 109 cm³/mol. The molecule has 0 spiro atoms. The molecule has 2 aromatic heterocycles.